The smallest absolute Gasteiger partial charge is 0.227 e. The lowest BCUT2D eigenvalue weighted by molar-refractivity contribution is -0.132. The number of nitrogens with two attached hydrogens (primary N) is 1. The van der Waals surface area contributed by atoms with Crippen LogP contribution < -0.4 is 11.1 Å². The van der Waals surface area contributed by atoms with Gasteiger partial charge >= 0.3 is 0 Å². The van der Waals surface area contributed by atoms with E-state index in [9.17, 15) is 4.79 Å². The topological polar surface area (TPSA) is 55.1 Å². The minimum atomic E-state index is -0.545. The fourth-order valence-corrected chi connectivity index (χ4v) is 3.34. The van der Waals surface area contributed by atoms with Crippen molar-refractivity contribution in [2.75, 3.05) is 5.75 Å². The second-order valence-corrected chi connectivity index (χ2v) is 7.87. The van der Waals surface area contributed by atoms with E-state index in [2.05, 4.69) is 12.2 Å². The normalized spacial score (nSPS) is 25.2. The van der Waals surface area contributed by atoms with Crippen molar-refractivity contribution in [1.82, 2.24) is 5.32 Å². The van der Waals surface area contributed by atoms with E-state index in [0.717, 1.165) is 12.2 Å². The first-order valence-electron chi connectivity index (χ1n) is 6.91. The predicted octanol–water partition coefficient (Wildman–Crippen LogP) is 2.54. The van der Waals surface area contributed by atoms with Crippen molar-refractivity contribution in [2.24, 2.45) is 11.1 Å². The average Bonchev–Trinajstić information content (AvgIpc) is 2.64. The van der Waals surface area contributed by atoms with Gasteiger partial charge in [-0.05, 0) is 46.3 Å². The number of rotatable bonds is 5. The van der Waals surface area contributed by atoms with Crippen molar-refractivity contribution >= 4 is 17.7 Å². The molecule has 1 fully saturated rings. The number of hydrogen-bond donors (Lipinski definition) is 2. The summed E-state index contributed by atoms with van der Waals surface area (Å²) in [6.45, 7) is 9.87. The third-order valence-electron chi connectivity index (χ3n) is 4.33. The Labute approximate surface area is 116 Å². The highest BCUT2D eigenvalue weighted by molar-refractivity contribution is 7.99. The molecule has 0 bridgehead atoms. The summed E-state index contributed by atoms with van der Waals surface area (Å²) in [5, 5.41) is 3.80. The Morgan fingerprint density at radius 2 is 1.94 bits per heavy atom. The third kappa shape index (κ3) is 3.41. The van der Waals surface area contributed by atoms with E-state index >= 15 is 0 Å². The van der Waals surface area contributed by atoms with Gasteiger partial charge in [-0.1, -0.05) is 13.3 Å². The van der Waals surface area contributed by atoms with Gasteiger partial charge in [-0.3, -0.25) is 4.79 Å². The Kier molecular flexibility index (Phi) is 5.13. The summed E-state index contributed by atoms with van der Waals surface area (Å²) in [7, 11) is 0. The molecule has 0 radical (unpaired) electrons. The van der Waals surface area contributed by atoms with E-state index in [1.807, 2.05) is 39.5 Å². The summed E-state index contributed by atoms with van der Waals surface area (Å²) in [5.74, 6) is 1.20. The van der Waals surface area contributed by atoms with Crippen LogP contribution in [-0.2, 0) is 4.79 Å². The van der Waals surface area contributed by atoms with Crippen molar-refractivity contribution in [3.63, 3.8) is 0 Å². The van der Waals surface area contributed by atoms with Crippen LogP contribution in [0.25, 0.3) is 0 Å². The number of amides is 1. The predicted molar refractivity (Wildman–Crippen MR) is 79.7 cm³/mol. The summed E-state index contributed by atoms with van der Waals surface area (Å²) < 4.78 is 0. The average molecular weight is 272 g/mol. The number of hydrogen-bond acceptors (Lipinski definition) is 3. The van der Waals surface area contributed by atoms with Crippen LogP contribution in [0.2, 0.25) is 0 Å². The number of carbonyl (C=O) groups is 1. The third-order valence-corrected chi connectivity index (χ3v) is 5.65. The Hall–Kier alpha value is -0.220. The van der Waals surface area contributed by atoms with E-state index in [4.69, 9.17) is 5.73 Å². The zero-order valence-electron chi connectivity index (χ0n) is 12.4. The number of thioether (sulfide) groups is 1. The first kappa shape index (κ1) is 15.8. The van der Waals surface area contributed by atoms with E-state index in [1.54, 1.807) is 0 Å². The highest BCUT2D eigenvalue weighted by atomic mass is 32.2. The van der Waals surface area contributed by atoms with E-state index < -0.39 is 11.0 Å². The van der Waals surface area contributed by atoms with Crippen molar-refractivity contribution < 1.29 is 4.79 Å². The summed E-state index contributed by atoms with van der Waals surface area (Å²) >= 11 is 1.96. The molecule has 0 spiro atoms. The largest absolute Gasteiger partial charge is 0.352 e. The van der Waals surface area contributed by atoms with Gasteiger partial charge in [0.1, 0.15) is 0 Å². The van der Waals surface area contributed by atoms with Crippen LogP contribution in [0.4, 0.5) is 0 Å². The Balaban J connectivity index is 2.64. The van der Waals surface area contributed by atoms with Gasteiger partial charge in [-0.2, -0.15) is 11.8 Å². The van der Waals surface area contributed by atoms with E-state index in [1.165, 1.54) is 12.8 Å². The van der Waals surface area contributed by atoms with E-state index in [0.29, 0.717) is 11.3 Å². The first-order chi connectivity index (χ1) is 8.20. The number of nitrogens with one attached hydrogen (secondary N) is 1. The highest BCUT2D eigenvalue weighted by Gasteiger charge is 2.42. The summed E-state index contributed by atoms with van der Waals surface area (Å²) in [6, 6.07) is 0.323. The van der Waals surface area contributed by atoms with Crippen LogP contribution in [0.3, 0.4) is 0 Å². The minimum absolute atomic E-state index is 0.0867. The lowest BCUT2D eigenvalue weighted by atomic mass is 9.74. The monoisotopic (exact) mass is 272 g/mol. The maximum atomic E-state index is 12.4. The van der Waals surface area contributed by atoms with Gasteiger partial charge in [0.2, 0.25) is 5.91 Å². The first-order valence-corrected chi connectivity index (χ1v) is 7.96. The van der Waals surface area contributed by atoms with Gasteiger partial charge in [0.15, 0.2) is 0 Å². The highest BCUT2D eigenvalue weighted by Crippen LogP contribution is 2.33. The quantitative estimate of drug-likeness (QED) is 0.808. The molecule has 1 saturated carbocycles. The second-order valence-electron chi connectivity index (χ2n) is 6.35. The lowest BCUT2D eigenvalue weighted by Crippen LogP contribution is -2.57. The van der Waals surface area contributed by atoms with Crippen molar-refractivity contribution in [3.05, 3.63) is 0 Å². The molecule has 0 aromatic carbocycles. The minimum Gasteiger partial charge on any atom is -0.352 e. The molecule has 1 aliphatic rings. The Bertz CT molecular complexity index is 297. The number of carbonyl (C=O) groups excluding carboxylic acids is 1. The second kappa shape index (κ2) is 5.83. The molecule has 0 aromatic rings. The summed E-state index contributed by atoms with van der Waals surface area (Å²) in [5.41, 5.74) is 5.06. The zero-order valence-corrected chi connectivity index (χ0v) is 13.2. The zero-order chi connectivity index (χ0) is 14.0. The lowest BCUT2D eigenvalue weighted by Gasteiger charge is -2.38. The van der Waals surface area contributed by atoms with Crippen molar-refractivity contribution in [3.8, 4) is 0 Å². The van der Waals surface area contributed by atoms with Crippen molar-refractivity contribution in [1.29, 1.82) is 0 Å². The molecule has 3 N–H and O–H groups in total. The van der Waals surface area contributed by atoms with Gasteiger partial charge in [0.05, 0.1) is 5.41 Å². The van der Waals surface area contributed by atoms with Gasteiger partial charge in [0, 0.05) is 16.8 Å². The van der Waals surface area contributed by atoms with Gasteiger partial charge < -0.3 is 11.1 Å². The van der Waals surface area contributed by atoms with Crippen LogP contribution in [0.5, 0.6) is 0 Å². The molecule has 0 saturated heterocycles. The molecule has 2 atom stereocenters. The van der Waals surface area contributed by atoms with Crippen LogP contribution in [0.15, 0.2) is 0 Å². The molecular weight excluding hydrogens is 244 g/mol. The van der Waals surface area contributed by atoms with Gasteiger partial charge in [-0.15, -0.1) is 0 Å². The van der Waals surface area contributed by atoms with Gasteiger partial charge in [-0.25, -0.2) is 0 Å². The van der Waals surface area contributed by atoms with Crippen LogP contribution in [0.1, 0.15) is 53.9 Å². The fraction of sp³-hybridized carbons (Fsp3) is 0.929. The summed E-state index contributed by atoms with van der Waals surface area (Å²) in [6.07, 6.45) is 3.54. The molecule has 106 valence electrons. The van der Waals surface area contributed by atoms with Crippen molar-refractivity contribution in [2.45, 2.75) is 70.7 Å². The molecule has 0 heterocycles. The SMILES string of the molecule is CCSC1CCCC1NC(=O)C(C)(C)C(C)(C)N. The molecule has 3 nitrogen and oxygen atoms in total. The molecule has 0 aromatic heterocycles. The maximum absolute atomic E-state index is 12.4. The molecule has 1 amide bonds. The van der Waals surface area contributed by atoms with Gasteiger partial charge in [0.25, 0.3) is 0 Å². The van der Waals surface area contributed by atoms with Crippen LogP contribution >= 0.6 is 11.8 Å². The molecule has 4 heteroatoms. The molecule has 18 heavy (non-hydrogen) atoms. The molecular formula is C14H28N2OS. The van der Waals surface area contributed by atoms with Crippen LogP contribution in [0, 0.1) is 5.41 Å². The fourth-order valence-electron chi connectivity index (χ4n) is 2.15. The standard InChI is InChI=1S/C14H28N2OS/c1-6-18-11-9-7-8-10(11)16-12(17)13(2,3)14(4,5)15/h10-11H,6-9,15H2,1-5H3,(H,16,17). The van der Waals surface area contributed by atoms with Crippen LogP contribution in [-0.4, -0.2) is 28.5 Å². The molecule has 1 aliphatic carbocycles. The molecule has 1 rings (SSSR count). The Morgan fingerprint density at radius 1 is 1.33 bits per heavy atom. The Morgan fingerprint density at radius 3 is 2.44 bits per heavy atom. The molecule has 2 unspecified atom stereocenters. The van der Waals surface area contributed by atoms with E-state index in [-0.39, 0.29) is 5.91 Å². The molecule has 0 aliphatic heterocycles. The maximum Gasteiger partial charge on any atom is 0.227 e. The summed E-state index contributed by atoms with van der Waals surface area (Å²) in [4.78, 5) is 12.4.